The largest absolute Gasteiger partial charge is 0.481 e. The molecule has 0 aliphatic carbocycles. The number of carboxylic acid groups (broad SMARTS) is 2. The van der Waals surface area contributed by atoms with E-state index in [9.17, 15) is 19.8 Å². The van der Waals surface area contributed by atoms with Crippen molar-refractivity contribution in [2.45, 2.75) is 76.4 Å². The van der Waals surface area contributed by atoms with Crippen LogP contribution in [-0.2, 0) is 9.59 Å². The molecule has 0 bridgehead atoms. The maximum Gasteiger partial charge on any atom is 0.303 e. The summed E-state index contributed by atoms with van der Waals surface area (Å²) in [6.45, 7) is 0. The van der Waals surface area contributed by atoms with Crippen LogP contribution < -0.4 is 0 Å². The minimum absolute atomic E-state index is 0.00730. The van der Waals surface area contributed by atoms with Crippen molar-refractivity contribution in [3.8, 4) is 0 Å². The number of aliphatic hydroxyl groups excluding tert-OH is 2. The van der Waals surface area contributed by atoms with E-state index in [-0.39, 0.29) is 12.8 Å². The number of hydrogen-bond donors (Lipinski definition) is 4. The molecule has 0 aromatic carbocycles. The fourth-order valence-corrected chi connectivity index (χ4v) is 2.01. The van der Waals surface area contributed by atoms with Crippen molar-refractivity contribution in [3.63, 3.8) is 0 Å². The number of carboxylic acids is 2. The third-order valence-corrected chi connectivity index (χ3v) is 3.23. The van der Waals surface area contributed by atoms with E-state index in [2.05, 4.69) is 0 Å². The van der Waals surface area contributed by atoms with Crippen LogP contribution in [-0.4, -0.2) is 44.6 Å². The van der Waals surface area contributed by atoms with Gasteiger partial charge in [-0.25, -0.2) is 0 Å². The van der Waals surface area contributed by atoms with Gasteiger partial charge in [-0.15, -0.1) is 0 Å². The fraction of sp³-hybridized carbons (Fsp3) is 0.857. The van der Waals surface area contributed by atoms with Crippen LogP contribution >= 0.6 is 0 Å². The zero-order chi connectivity index (χ0) is 15.4. The highest BCUT2D eigenvalue weighted by Crippen LogP contribution is 2.13. The minimum Gasteiger partial charge on any atom is -0.481 e. The van der Waals surface area contributed by atoms with Gasteiger partial charge in [0.25, 0.3) is 0 Å². The topological polar surface area (TPSA) is 115 Å². The normalized spacial score (nSPS) is 13.9. The van der Waals surface area contributed by atoms with Crippen LogP contribution in [0, 0.1) is 0 Å². The molecular weight excluding hydrogens is 264 g/mol. The Morgan fingerprint density at radius 2 is 1.05 bits per heavy atom. The van der Waals surface area contributed by atoms with Gasteiger partial charge in [0.15, 0.2) is 0 Å². The quantitative estimate of drug-likeness (QED) is 0.384. The smallest absolute Gasteiger partial charge is 0.303 e. The molecule has 0 saturated carbocycles. The summed E-state index contributed by atoms with van der Waals surface area (Å²) in [6.07, 6.45) is 3.85. The van der Waals surface area contributed by atoms with Gasteiger partial charge >= 0.3 is 11.9 Å². The molecule has 0 amide bonds. The first kappa shape index (κ1) is 18.9. The van der Waals surface area contributed by atoms with Gasteiger partial charge in [0.2, 0.25) is 0 Å². The Bertz CT molecular complexity index is 279. The number of carbonyl (C=O) groups is 2. The lowest BCUT2D eigenvalue weighted by atomic mass is 10.0. The van der Waals surface area contributed by atoms with E-state index in [0.29, 0.717) is 25.7 Å². The standard InChI is InChI=1S/C14H26O6/c15-11(12(16)8-6-10-14(19)20)7-4-2-1-3-5-9-13(17)18/h11-12,15-16H,1-10H2,(H,17,18)(H,19,20). The van der Waals surface area contributed by atoms with Crippen molar-refractivity contribution in [2.75, 3.05) is 0 Å². The third-order valence-electron chi connectivity index (χ3n) is 3.23. The molecule has 118 valence electrons. The molecule has 0 aliphatic rings. The number of aliphatic carboxylic acids is 2. The summed E-state index contributed by atoms with van der Waals surface area (Å²) in [6, 6.07) is 0. The first-order valence-corrected chi connectivity index (χ1v) is 7.23. The number of unbranched alkanes of at least 4 members (excludes halogenated alkanes) is 4. The second kappa shape index (κ2) is 11.7. The van der Waals surface area contributed by atoms with Crippen molar-refractivity contribution in [1.29, 1.82) is 0 Å². The van der Waals surface area contributed by atoms with E-state index in [0.717, 1.165) is 25.7 Å². The van der Waals surface area contributed by atoms with Crippen molar-refractivity contribution >= 4 is 11.9 Å². The molecule has 0 heterocycles. The molecule has 0 aliphatic heterocycles. The molecule has 2 unspecified atom stereocenters. The van der Waals surface area contributed by atoms with E-state index in [1.807, 2.05) is 0 Å². The van der Waals surface area contributed by atoms with Crippen molar-refractivity contribution < 1.29 is 30.0 Å². The van der Waals surface area contributed by atoms with Crippen LogP contribution in [0.15, 0.2) is 0 Å². The van der Waals surface area contributed by atoms with Crippen LogP contribution in [0.1, 0.15) is 64.2 Å². The fourth-order valence-electron chi connectivity index (χ4n) is 2.01. The van der Waals surface area contributed by atoms with E-state index >= 15 is 0 Å². The predicted molar refractivity (Wildman–Crippen MR) is 73.5 cm³/mol. The molecule has 0 aromatic rings. The minimum atomic E-state index is -0.895. The first-order chi connectivity index (χ1) is 9.43. The van der Waals surface area contributed by atoms with E-state index in [4.69, 9.17) is 10.2 Å². The molecule has 20 heavy (non-hydrogen) atoms. The van der Waals surface area contributed by atoms with Crippen molar-refractivity contribution in [3.05, 3.63) is 0 Å². The first-order valence-electron chi connectivity index (χ1n) is 7.23. The molecular formula is C14H26O6. The maximum atomic E-state index is 10.3. The third kappa shape index (κ3) is 11.9. The van der Waals surface area contributed by atoms with Gasteiger partial charge in [-0.05, 0) is 25.7 Å². The molecule has 6 nitrogen and oxygen atoms in total. The van der Waals surface area contributed by atoms with Crippen LogP contribution in [0.4, 0.5) is 0 Å². The molecule has 0 radical (unpaired) electrons. The summed E-state index contributed by atoms with van der Waals surface area (Å²) < 4.78 is 0. The summed E-state index contributed by atoms with van der Waals surface area (Å²) in [5.74, 6) is -1.67. The van der Waals surface area contributed by atoms with Gasteiger partial charge < -0.3 is 20.4 Å². The van der Waals surface area contributed by atoms with Crippen LogP contribution in [0.2, 0.25) is 0 Å². The molecule has 6 heteroatoms. The lowest BCUT2D eigenvalue weighted by Crippen LogP contribution is -2.25. The van der Waals surface area contributed by atoms with E-state index in [1.54, 1.807) is 0 Å². The Balaban J connectivity index is 3.44. The Hall–Kier alpha value is -1.14. The lowest BCUT2D eigenvalue weighted by molar-refractivity contribution is -0.138. The average Bonchev–Trinajstić information content (AvgIpc) is 2.36. The molecule has 0 rings (SSSR count). The molecule has 0 spiro atoms. The van der Waals surface area contributed by atoms with Gasteiger partial charge in [0.05, 0.1) is 12.2 Å². The zero-order valence-corrected chi connectivity index (χ0v) is 11.8. The monoisotopic (exact) mass is 290 g/mol. The van der Waals surface area contributed by atoms with Gasteiger partial charge in [-0.1, -0.05) is 25.7 Å². The highest BCUT2D eigenvalue weighted by Gasteiger charge is 2.15. The Labute approximate surface area is 119 Å². The van der Waals surface area contributed by atoms with Gasteiger partial charge in [-0.3, -0.25) is 9.59 Å². The molecule has 0 fully saturated rings. The van der Waals surface area contributed by atoms with Crippen LogP contribution in [0.3, 0.4) is 0 Å². The number of rotatable bonds is 13. The predicted octanol–water partition coefficient (Wildman–Crippen LogP) is 1.78. The molecule has 0 aromatic heterocycles. The van der Waals surface area contributed by atoms with Gasteiger partial charge in [-0.2, -0.15) is 0 Å². The van der Waals surface area contributed by atoms with Gasteiger partial charge in [0, 0.05) is 12.8 Å². The second-order valence-electron chi connectivity index (χ2n) is 5.12. The van der Waals surface area contributed by atoms with E-state index < -0.39 is 24.1 Å². The number of hydrogen-bond acceptors (Lipinski definition) is 4. The summed E-state index contributed by atoms with van der Waals surface area (Å²) in [5.41, 5.74) is 0. The summed E-state index contributed by atoms with van der Waals surface area (Å²) in [5, 5.41) is 36.2. The molecule has 2 atom stereocenters. The zero-order valence-electron chi connectivity index (χ0n) is 11.8. The van der Waals surface area contributed by atoms with Crippen LogP contribution in [0.5, 0.6) is 0 Å². The van der Waals surface area contributed by atoms with Gasteiger partial charge in [0.1, 0.15) is 0 Å². The lowest BCUT2D eigenvalue weighted by Gasteiger charge is -2.17. The Morgan fingerprint density at radius 3 is 1.60 bits per heavy atom. The second-order valence-corrected chi connectivity index (χ2v) is 5.12. The Kier molecular flexibility index (Phi) is 11.0. The highest BCUT2D eigenvalue weighted by atomic mass is 16.4. The maximum absolute atomic E-state index is 10.3. The van der Waals surface area contributed by atoms with Crippen LogP contribution in [0.25, 0.3) is 0 Å². The van der Waals surface area contributed by atoms with Crippen molar-refractivity contribution in [1.82, 2.24) is 0 Å². The Morgan fingerprint density at radius 1 is 0.650 bits per heavy atom. The molecule has 0 saturated heterocycles. The summed E-state index contributed by atoms with van der Waals surface area (Å²) in [7, 11) is 0. The SMILES string of the molecule is O=C(O)CCCCCCCC(O)C(O)CCCC(=O)O. The summed E-state index contributed by atoms with van der Waals surface area (Å²) >= 11 is 0. The highest BCUT2D eigenvalue weighted by molar-refractivity contribution is 5.66. The average molecular weight is 290 g/mol. The van der Waals surface area contributed by atoms with Crippen molar-refractivity contribution in [2.24, 2.45) is 0 Å². The molecule has 4 N–H and O–H groups in total. The van der Waals surface area contributed by atoms with E-state index in [1.165, 1.54) is 0 Å². The number of aliphatic hydroxyl groups is 2. The summed E-state index contributed by atoms with van der Waals surface area (Å²) in [4.78, 5) is 20.6.